The van der Waals surface area contributed by atoms with Gasteiger partial charge in [-0.15, -0.1) is 0 Å². The van der Waals surface area contributed by atoms with Gasteiger partial charge in [-0.25, -0.2) is 0 Å². The van der Waals surface area contributed by atoms with Gasteiger partial charge in [0.15, 0.2) is 0 Å². The molecule has 0 spiro atoms. The Morgan fingerprint density at radius 3 is 2.76 bits per heavy atom. The molecule has 1 saturated carbocycles. The van der Waals surface area contributed by atoms with Crippen LogP contribution >= 0.6 is 0 Å². The van der Waals surface area contributed by atoms with Gasteiger partial charge in [-0.1, -0.05) is 43.2 Å². The molecular formula is C15H21NO. The van der Waals surface area contributed by atoms with Crippen LogP contribution in [0.25, 0.3) is 0 Å². The van der Waals surface area contributed by atoms with Gasteiger partial charge in [0.05, 0.1) is 5.60 Å². The Labute approximate surface area is 103 Å². The number of aliphatic hydroxyl groups is 1. The van der Waals surface area contributed by atoms with E-state index in [0.29, 0.717) is 12.0 Å². The van der Waals surface area contributed by atoms with Gasteiger partial charge < -0.3 is 10.4 Å². The van der Waals surface area contributed by atoms with Crippen LogP contribution in [0.1, 0.15) is 43.7 Å². The van der Waals surface area contributed by atoms with Crippen LogP contribution in [0.4, 0.5) is 0 Å². The standard InChI is InChI=1S/C15H21NO/c17-15-9-5-4-8-13(15)14(16-11-10-15)12-6-2-1-3-7-12/h1-3,6-7,13-14,16-17H,4-5,8-11H2/t13-,14+,15+/m1/s1. The van der Waals surface area contributed by atoms with E-state index in [4.69, 9.17) is 0 Å². The average molecular weight is 231 g/mol. The lowest BCUT2D eigenvalue weighted by molar-refractivity contribution is -0.0861. The van der Waals surface area contributed by atoms with Crippen LogP contribution in [-0.4, -0.2) is 17.3 Å². The number of hydrogen-bond donors (Lipinski definition) is 2. The van der Waals surface area contributed by atoms with E-state index in [1.54, 1.807) is 0 Å². The topological polar surface area (TPSA) is 32.3 Å². The largest absolute Gasteiger partial charge is 0.389 e. The molecule has 2 aliphatic rings. The summed E-state index contributed by atoms with van der Waals surface area (Å²) < 4.78 is 0. The van der Waals surface area contributed by atoms with Crippen LogP contribution in [-0.2, 0) is 0 Å². The lowest BCUT2D eigenvalue weighted by Gasteiger charge is -2.48. The van der Waals surface area contributed by atoms with Gasteiger partial charge in [0.1, 0.15) is 0 Å². The first-order valence-electron chi connectivity index (χ1n) is 6.80. The number of nitrogens with one attached hydrogen (secondary N) is 1. The highest BCUT2D eigenvalue weighted by Gasteiger charge is 2.45. The van der Waals surface area contributed by atoms with Crippen molar-refractivity contribution < 1.29 is 5.11 Å². The second kappa shape index (κ2) is 4.43. The molecule has 0 aromatic heterocycles. The Balaban J connectivity index is 1.89. The second-order valence-electron chi connectivity index (χ2n) is 5.55. The highest BCUT2D eigenvalue weighted by atomic mass is 16.3. The van der Waals surface area contributed by atoms with Crippen LogP contribution in [0.5, 0.6) is 0 Å². The summed E-state index contributed by atoms with van der Waals surface area (Å²) in [6.07, 6.45) is 5.51. The Morgan fingerprint density at radius 1 is 1.12 bits per heavy atom. The van der Waals surface area contributed by atoms with E-state index in [-0.39, 0.29) is 0 Å². The molecule has 17 heavy (non-hydrogen) atoms. The van der Waals surface area contributed by atoms with E-state index in [9.17, 15) is 5.11 Å². The monoisotopic (exact) mass is 231 g/mol. The zero-order valence-corrected chi connectivity index (χ0v) is 10.2. The molecule has 2 fully saturated rings. The second-order valence-corrected chi connectivity index (χ2v) is 5.55. The van der Waals surface area contributed by atoms with Gasteiger partial charge in [0.25, 0.3) is 0 Å². The van der Waals surface area contributed by atoms with Crippen molar-refractivity contribution in [3.8, 4) is 0 Å². The maximum atomic E-state index is 10.8. The normalized spacial score (nSPS) is 37.5. The number of hydrogen-bond acceptors (Lipinski definition) is 2. The fourth-order valence-corrected chi connectivity index (χ4v) is 3.63. The van der Waals surface area contributed by atoms with E-state index in [2.05, 4.69) is 35.6 Å². The molecule has 1 aliphatic heterocycles. The summed E-state index contributed by atoms with van der Waals surface area (Å²) >= 11 is 0. The molecule has 1 aromatic rings. The lowest BCUT2D eigenvalue weighted by atomic mass is 9.67. The van der Waals surface area contributed by atoms with Gasteiger partial charge in [0.2, 0.25) is 0 Å². The predicted molar refractivity (Wildman–Crippen MR) is 68.7 cm³/mol. The highest BCUT2D eigenvalue weighted by Crippen LogP contribution is 2.45. The number of benzene rings is 1. The van der Waals surface area contributed by atoms with E-state index in [1.807, 2.05) is 0 Å². The highest BCUT2D eigenvalue weighted by molar-refractivity contribution is 5.22. The lowest BCUT2D eigenvalue weighted by Crippen LogP contribution is -2.53. The summed E-state index contributed by atoms with van der Waals surface area (Å²) in [5.41, 5.74) is 0.918. The van der Waals surface area contributed by atoms with Gasteiger partial charge >= 0.3 is 0 Å². The predicted octanol–water partition coefficient (Wildman–Crippen LogP) is 2.64. The molecule has 2 heteroatoms. The molecular weight excluding hydrogens is 210 g/mol. The van der Waals surface area contributed by atoms with Crippen LogP contribution in [0.2, 0.25) is 0 Å². The fraction of sp³-hybridized carbons (Fsp3) is 0.600. The number of fused-ring (bicyclic) bond motifs is 1. The molecule has 1 heterocycles. The summed E-state index contributed by atoms with van der Waals surface area (Å²) in [5.74, 6) is 0.396. The van der Waals surface area contributed by atoms with Gasteiger partial charge in [-0.2, -0.15) is 0 Å². The smallest absolute Gasteiger partial charge is 0.0706 e. The molecule has 0 radical (unpaired) electrons. The molecule has 92 valence electrons. The Morgan fingerprint density at radius 2 is 1.94 bits per heavy atom. The molecule has 1 aliphatic carbocycles. The third kappa shape index (κ3) is 2.00. The van der Waals surface area contributed by atoms with Crippen LogP contribution in [0, 0.1) is 5.92 Å². The average Bonchev–Trinajstić information content (AvgIpc) is 2.38. The SMILES string of the molecule is O[C@]12CCCC[C@@H]1[C@H](c1ccccc1)NCC2. The van der Waals surface area contributed by atoms with E-state index < -0.39 is 5.60 Å². The first-order valence-corrected chi connectivity index (χ1v) is 6.80. The maximum Gasteiger partial charge on any atom is 0.0706 e. The molecule has 1 saturated heterocycles. The molecule has 3 rings (SSSR count). The first kappa shape index (κ1) is 11.2. The number of piperidine rings is 1. The molecule has 0 unspecified atom stereocenters. The van der Waals surface area contributed by atoms with Crippen molar-refractivity contribution in [3.63, 3.8) is 0 Å². The fourth-order valence-electron chi connectivity index (χ4n) is 3.63. The molecule has 2 nitrogen and oxygen atoms in total. The Bertz CT molecular complexity index is 374. The van der Waals surface area contributed by atoms with Crippen LogP contribution in [0.15, 0.2) is 30.3 Å². The molecule has 3 atom stereocenters. The van der Waals surface area contributed by atoms with E-state index in [1.165, 1.54) is 18.4 Å². The van der Waals surface area contributed by atoms with Crippen molar-refractivity contribution in [1.82, 2.24) is 5.32 Å². The summed E-state index contributed by atoms with van der Waals surface area (Å²) in [6.45, 7) is 0.937. The van der Waals surface area contributed by atoms with E-state index in [0.717, 1.165) is 25.8 Å². The van der Waals surface area contributed by atoms with Crippen molar-refractivity contribution in [2.24, 2.45) is 5.92 Å². The zero-order valence-electron chi connectivity index (χ0n) is 10.2. The van der Waals surface area contributed by atoms with Crippen molar-refractivity contribution in [3.05, 3.63) is 35.9 Å². The zero-order chi connectivity index (χ0) is 11.7. The Kier molecular flexibility index (Phi) is 2.93. The Hall–Kier alpha value is -0.860. The summed E-state index contributed by atoms with van der Waals surface area (Å²) in [4.78, 5) is 0. The molecule has 0 bridgehead atoms. The minimum atomic E-state index is -0.413. The summed E-state index contributed by atoms with van der Waals surface area (Å²) in [5, 5.41) is 14.4. The van der Waals surface area contributed by atoms with Crippen molar-refractivity contribution in [2.45, 2.75) is 43.7 Å². The van der Waals surface area contributed by atoms with Crippen molar-refractivity contribution >= 4 is 0 Å². The molecule has 1 aromatic carbocycles. The van der Waals surface area contributed by atoms with Crippen molar-refractivity contribution in [1.29, 1.82) is 0 Å². The maximum absolute atomic E-state index is 10.8. The minimum absolute atomic E-state index is 0.343. The van der Waals surface area contributed by atoms with E-state index >= 15 is 0 Å². The number of rotatable bonds is 1. The summed E-state index contributed by atoms with van der Waals surface area (Å²) in [6, 6.07) is 10.9. The molecule has 0 amide bonds. The van der Waals surface area contributed by atoms with Gasteiger partial charge in [0, 0.05) is 12.0 Å². The van der Waals surface area contributed by atoms with Crippen molar-refractivity contribution in [2.75, 3.05) is 6.54 Å². The van der Waals surface area contributed by atoms with Crippen LogP contribution in [0.3, 0.4) is 0 Å². The summed E-state index contributed by atoms with van der Waals surface area (Å²) in [7, 11) is 0. The van der Waals surface area contributed by atoms with Gasteiger partial charge in [-0.3, -0.25) is 0 Å². The van der Waals surface area contributed by atoms with Gasteiger partial charge in [-0.05, 0) is 31.4 Å². The minimum Gasteiger partial charge on any atom is -0.389 e. The third-order valence-electron chi connectivity index (χ3n) is 4.55. The quantitative estimate of drug-likeness (QED) is 0.778. The first-order chi connectivity index (χ1) is 8.30. The van der Waals surface area contributed by atoms with Crippen LogP contribution < -0.4 is 5.32 Å². The molecule has 2 N–H and O–H groups in total. The third-order valence-corrected chi connectivity index (χ3v) is 4.55.